The minimum Gasteiger partial charge on any atom is -0.508 e. The summed E-state index contributed by atoms with van der Waals surface area (Å²) in [4.78, 5) is 19.3. The summed E-state index contributed by atoms with van der Waals surface area (Å²) in [7, 11) is 0. The number of hydrogen-bond donors (Lipinski definition) is 3. The Bertz CT molecular complexity index is 833. The summed E-state index contributed by atoms with van der Waals surface area (Å²) in [6, 6.07) is 6.69. The summed E-state index contributed by atoms with van der Waals surface area (Å²) < 4.78 is 0. The first kappa shape index (κ1) is 16.8. The van der Waals surface area contributed by atoms with Gasteiger partial charge >= 0.3 is 5.97 Å². The van der Waals surface area contributed by atoms with Gasteiger partial charge in [0.15, 0.2) is 5.69 Å². The highest BCUT2D eigenvalue weighted by atomic mass is 16.4. The van der Waals surface area contributed by atoms with Gasteiger partial charge in [0.25, 0.3) is 0 Å². The van der Waals surface area contributed by atoms with Gasteiger partial charge in [-0.3, -0.25) is 0 Å². The Morgan fingerprint density at radius 3 is 2.22 bits per heavy atom. The van der Waals surface area contributed by atoms with Crippen LogP contribution in [0.5, 0.6) is 5.75 Å². The fraction of sp³-hybridized carbons (Fsp3) is 0.545. The van der Waals surface area contributed by atoms with Crippen molar-refractivity contribution >= 4 is 5.97 Å². The van der Waals surface area contributed by atoms with E-state index in [0.29, 0.717) is 11.2 Å². The number of aromatic carboxylic acids is 1. The van der Waals surface area contributed by atoms with Crippen molar-refractivity contribution in [2.24, 2.45) is 23.2 Å². The van der Waals surface area contributed by atoms with Crippen molar-refractivity contribution in [1.29, 1.82) is 0 Å². The molecule has 4 aliphatic carbocycles. The molecule has 6 rings (SSSR count). The van der Waals surface area contributed by atoms with Crippen LogP contribution in [0.1, 0.15) is 61.1 Å². The first-order valence-corrected chi connectivity index (χ1v) is 10.1. The lowest BCUT2D eigenvalue weighted by atomic mass is 9.48. The maximum absolute atomic E-state index is 11.7. The van der Waals surface area contributed by atoms with Crippen molar-refractivity contribution in [2.75, 3.05) is 0 Å². The molecule has 1 aromatic heterocycles. The van der Waals surface area contributed by atoms with Crippen LogP contribution in [0.3, 0.4) is 0 Å². The van der Waals surface area contributed by atoms with E-state index in [2.05, 4.69) is 9.97 Å². The third-order valence-corrected chi connectivity index (χ3v) is 7.19. The van der Waals surface area contributed by atoms with E-state index >= 15 is 0 Å². The molecule has 1 aromatic carbocycles. The normalized spacial score (nSPS) is 31.3. The van der Waals surface area contributed by atoms with Crippen LogP contribution in [0.25, 0.3) is 11.4 Å². The average Bonchev–Trinajstić information content (AvgIpc) is 3.04. The zero-order valence-electron chi connectivity index (χ0n) is 15.4. The number of hydrogen-bond acceptors (Lipinski definition) is 3. The molecule has 0 radical (unpaired) electrons. The molecule has 0 unspecified atom stereocenters. The number of nitrogens with one attached hydrogen (secondary N) is 1. The lowest BCUT2D eigenvalue weighted by Crippen LogP contribution is -2.46. The van der Waals surface area contributed by atoms with E-state index in [9.17, 15) is 15.0 Å². The number of H-pyrrole nitrogens is 1. The van der Waals surface area contributed by atoms with Crippen LogP contribution in [0, 0.1) is 23.2 Å². The molecule has 2 aromatic rings. The third-order valence-electron chi connectivity index (χ3n) is 7.19. The SMILES string of the molecule is O=C(O)c1nc(-c2ccc(O)cc2)[nH]c1CCC12CC3CC(CC(C3)C1)C2. The highest BCUT2D eigenvalue weighted by Crippen LogP contribution is 2.61. The minimum absolute atomic E-state index is 0.141. The van der Waals surface area contributed by atoms with E-state index in [1.165, 1.54) is 38.5 Å². The standard InChI is InChI=1S/C22H26N2O3/c25-17-3-1-16(2-4-17)20-23-18(19(24-20)21(26)27)5-6-22-10-13-7-14(11-22)9-15(8-13)12-22/h1-4,13-15,25H,5-12H2,(H,23,24)(H,26,27). The van der Waals surface area contributed by atoms with Gasteiger partial charge in [-0.1, -0.05) is 0 Å². The summed E-state index contributed by atoms with van der Waals surface area (Å²) in [5, 5.41) is 19.1. The Morgan fingerprint density at radius 1 is 1.07 bits per heavy atom. The molecular weight excluding hydrogens is 340 g/mol. The summed E-state index contributed by atoms with van der Waals surface area (Å²) >= 11 is 0. The zero-order valence-corrected chi connectivity index (χ0v) is 15.4. The Labute approximate surface area is 158 Å². The Morgan fingerprint density at radius 2 is 1.67 bits per heavy atom. The molecule has 27 heavy (non-hydrogen) atoms. The van der Waals surface area contributed by atoms with Gasteiger partial charge in [0.05, 0.1) is 0 Å². The maximum atomic E-state index is 11.7. The first-order chi connectivity index (χ1) is 13.0. The van der Waals surface area contributed by atoms with Crippen molar-refractivity contribution in [2.45, 2.75) is 51.4 Å². The predicted octanol–water partition coefficient (Wildman–Crippen LogP) is 4.63. The van der Waals surface area contributed by atoms with E-state index in [-0.39, 0.29) is 11.4 Å². The fourth-order valence-corrected chi connectivity index (χ4v) is 6.51. The van der Waals surface area contributed by atoms with Crippen LogP contribution in [-0.4, -0.2) is 26.2 Å². The van der Waals surface area contributed by atoms with Crippen LogP contribution >= 0.6 is 0 Å². The van der Waals surface area contributed by atoms with Crippen molar-refractivity contribution in [3.8, 4) is 17.1 Å². The lowest BCUT2D eigenvalue weighted by Gasteiger charge is -2.57. The minimum atomic E-state index is -0.975. The molecule has 0 amide bonds. The molecular formula is C22H26N2O3. The molecule has 3 N–H and O–H groups in total. The van der Waals surface area contributed by atoms with E-state index in [0.717, 1.165) is 41.9 Å². The Kier molecular flexibility index (Phi) is 3.81. The van der Waals surface area contributed by atoms with Gasteiger partial charge in [0.1, 0.15) is 11.6 Å². The number of phenolic OH excluding ortho intramolecular Hbond substituents is 1. The number of aromatic hydroxyl groups is 1. The number of phenols is 1. The van der Waals surface area contributed by atoms with Gasteiger partial charge < -0.3 is 15.2 Å². The van der Waals surface area contributed by atoms with Gasteiger partial charge in [-0.05, 0) is 98.8 Å². The maximum Gasteiger partial charge on any atom is 0.356 e. The lowest BCUT2D eigenvalue weighted by molar-refractivity contribution is -0.0571. The van der Waals surface area contributed by atoms with E-state index in [4.69, 9.17) is 0 Å². The Balaban J connectivity index is 1.38. The number of carboxylic acid groups (broad SMARTS) is 1. The van der Waals surface area contributed by atoms with Crippen molar-refractivity contribution in [3.05, 3.63) is 35.7 Å². The highest BCUT2D eigenvalue weighted by Gasteiger charge is 2.50. The second-order valence-electron chi connectivity index (χ2n) is 9.18. The van der Waals surface area contributed by atoms with Crippen LogP contribution in [0.4, 0.5) is 0 Å². The number of carboxylic acids is 1. The molecule has 0 spiro atoms. The molecule has 4 saturated carbocycles. The number of benzene rings is 1. The molecule has 4 fully saturated rings. The zero-order chi connectivity index (χ0) is 18.6. The monoisotopic (exact) mass is 366 g/mol. The topological polar surface area (TPSA) is 86.2 Å². The predicted molar refractivity (Wildman–Crippen MR) is 102 cm³/mol. The molecule has 0 atom stereocenters. The van der Waals surface area contributed by atoms with E-state index < -0.39 is 5.97 Å². The van der Waals surface area contributed by atoms with Crippen molar-refractivity contribution in [1.82, 2.24) is 9.97 Å². The molecule has 0 saturated heterocycles. The second kappa shape index (κ2) is 6.11. The van der Waals surface area contributed by atoms with Gasteiger partial charge in [-0.2, -0.15) is 0 Å². The largest absolute Gasteiger partial charge is 0.508 e. The molecule has 4 bridgehead atoms. The molecule has 0 aliphatic heterocycles. The fourth-order valence-electron chi connectivity index (χ4n) is 6.51. The average molecular weight is 366 g/mol. The number of imidazole rings is 1. The van der Waals surface area contributed by atoms with Crippen LogP contribution in [0.2, 0.25) is 0 Å². The first-order valence-electron chi connectivity index (χ1n) is 10.1. The van der Waals surface area contributed by atoms with Crippen LogP contribution < -0.4 is 0 Å². The van der Waals surface area contributed by atoms with Crippen LogP contribution in [-0.2, 0) is 6.42 Å². The third kappa shape index (κ3) is 3.03. The van der Waals surface area contributed by atoms with Gasteiger partial charge in [0, 0.05) is 11.3 Å². The number of aryl methyl sites for hydroxylation is 1. The molecule has 5 nitrogen and oxygen atoms in total. The summed E-state index contributed by atoms with van der Waals surface area (Å²) in [6.45, 7) is 0. The summed E-state index contributed by atoms with van der Waals surface area (Å²) in [5.41, 5.74) is 2.09. The molecule has 1 heterocycles. The Hall–Kier alpha value is -2.30. The van der Waals surface area contributed by atoms with Gasteiger partial charge in [-0.15, -0.1) is 0 Å². The van der Waals surface area contributed by atoms with Gasteiger partial charge in [0.2, 0.25) is 0 Å². The molecule has 4 aliphatic rings. The van der Waals surface area contributed by atoms with Crippen molar-refractivity contribution in [3.63, 3.8) is 0 Å². The number of aromatic nitrogens is 2. The quantitative estimate of drug-likeness (QED) is 0.720. The van der Waals surface area contributed by atoms with Gasteiger partial charge in [-0.25, -0.2) is 9.78 Å². The summed E-state index contributed by atoms with van der Waals surface area (Å²) in [6.07, 6.45) is 10.1. The number of carbonyl (C=O) groups is 1. The van der Waals surface area contributed by atoms with E-state index in [1.54, 1.807) is 24.3 Å². The molecule has 5 heteroatoms. The highest BCUT2D eigenvalue weighted by molar-refractivity contribution is 5.87. The van der Waals surface area contributed by atoms with Crippen LogP contribution in [0.15, 0.2) is 24.3 Å². The number of aromatic amines is 1. The summed E-state index contributed by atoms with van der Waals surface area (Å²) in [5.74, 6) is 2.49. The number of nitrogens with zero attached hydrogens (tertiary/aromatic N) is 1. The second-order valence-corrected chi connectivity index (χ2v) is 9.18. The molecule has 142 valence electrons. The van der Waals surface area contributed by atoms with E-state index in [1.807, 2.05) is 0 Å². The number of rotatable bonds is 5. The van der Waals surface area contributed by atoms with Crippen molar-refractivity contribution < 1.29 is 15.0 Å². The smallest absolute Gasteiger partial charge is 0.356 e.